The van der Waals surface area contributed by atoms with Gasteiger partial charge in [0.15, 0.2) is 0 Å². The molecule has 5 heteroatoms. The monoisotopic (exact) mass is 208 g/mol. The molecule has 0 heterocycles. The van der Waals surface area contributed by atoms with Crippen molar-refractivity contribution in [1.29, 1.82) is 0 Å². The van der Waals surface area contributed by atoms with E-state index in [2.05, 4.69) is 17.0 Å². The maximum atomic E-state index is 11.6. The average Bonchev–Trinajstić information content (AvgIpc) is 2.02. The van der Waals surface area contributed by atoms with Gasteiger partial charge >= 0.3 is 12.3 Å². The van der Waals surface area contributed by atoms with Gasteiger partial charge in [-0.05, 0) is 18.9 Å². The summed E-state index contributed by atoms with van der Waals surface area (Å²) in [5, 5.41) is 0. The number of esters is 1. The maximum Gasteiger partial charge on any atom is 0.575 e. The number of ether oxygens (including phenoxy) is 1. The Kier molecular flexibility index (Phi) is 5.02. The van der Waals surface area contributed by atoms with E-state index in [1.807, 2.05) is 0 Å². The van der Waals surface area contributed by atoms with Crippen LogP contribution in [0.1, 0.15) is 19.8 Å². The molecule has 0 radical (unpaired) electrons. The van der Waals surface area contributed by atoms with Gasteiger partial charge in [-0.2, -0.15) is 0 Å². The Morgan fingerprint density at radius 3 is 2.57 bits per heavy atom. The molecule has 0 amide bonds. The van der Waals surface area contributed by atoms with Crippen LogP contribution in [0.25, 0.3) is 0 Å². The van der Waals surface area contributed by atoms with Crippen molar-refractivity contribution >= 4 is 5.97 Å². The summed E-state index contributed by atoms with van der Waals surface area (Å²) in [5.74, 6) is -2.04. The molecule has 0 aliphatic carbocycles. The highest BCUT2D eigenvalue weighted by atomic mass is 19.4. The smallest absolute Gasteiger partial charge is 0.373 e. The lowest BCUT2D eigenvalue weighted by molar-refractivity contribution is -0.307. The summed E-state index contributed by atoms with van der Waals surface area (Å²) in [6.07, 6.45) is -3.05. The van der Waals surface area contributed by atoms with E-state index in [1.165, 1.54) is 6.08 Å². The summed E-state index contributed by atoms with van der Waals surface area (Å²) in [5.41, 5.74) is 2.39. The Bertz CT molecular complexity index is 239. The molecule has 1 atom stereocenters. The van der Waals surface area contributed by atoms with Gasteiger partial charge in [0, 0.05) is 0 Å². The van der Waals surface area contributed by atoms with E-state index < -0.39 is 18.2 Å². The SMILES string of the molecule is C=C=CCC(CC)C(=O)OC(F)(F)F. The number of carbonyl (C=O) groups excluding carboxylic acids is 1. The predicted molar refractivity (Wildman–Crippen MR) is 44.3 cm³/mol. The fraction of sp³-hybridized carbons (Fsp3) is 0.556. The van der Waals surface area contributed by atoms with E-state index in [0.717, 1.165) is 0 Å². The Morgan fingerprint density at radius 2 is 2.21 bits per heavy atom. The molecule has 80 valence electrons. The zero-order valence-electron chi connectivity index (χ0n) is 7.73. The second kappa shape index (κ2) is 5.50. The Morgan fingerprint density at radius 1 is 1.64 bits per heavy atom. The average molecular weight is 208 g/mol. The summed E-state index contributed by atoms with van der Waals surface area (Å²) in [6.45, 7) is 4.86. The van der Waals surface area contributed by atoms with Gasteiger partial charge in [-0.1, -0.05) is 13.5 Å². The van der Waals surface area contributed by atoms with Crippen molar-refractivity contribution in [1.82, 2.24) is 0 Å². The highest BCUT2D eigenvalue weighted by Gasteiger charge is 2.36. The molecule has 0 aromatic rings. The molecular weight excluding hydrogens is 197 g/mol. The van der Waals surface area contributed by atoms with E-state index in [1.54, 1.807) is 6.92 Å². The van der Waals surface area contributed by atoms with Gasteiger partial charge in [0.05, 0.1) is 5.92 Å². The zero-order chi connectivity index (χ0) is 11.2. The first kappa shape index (κ1) is 12.8. The van der Waals surface area contributed by atoms with Gasteiger partial charge in [-0.25, -0.2) is 0 Å². The minimum Gasteiger partial charge on any atom is -0.373 e. The van der Waals surface area contributed by atoms with Crippen LogP contribution in [0.3, 0.4) is 0 Å². The Hall–Kier alpha value is -1.22. The molecule has 0 saturated heterocycles. The normalized spacial score (nSPS) is 12.9. The fourth-order valence-electron chi connectivity index (χ4n) is 0.853. The number of alkyl halides is 3. The Labute approximate surface area is 80.1 Å². The van der Waals surface area contributed by atoms with Gasteiger partial charge in [-0.3, -0.25) is 4.79 Å². The van der Waals surface area contributed by atoms with Crippen molar-refractivity contribution in [2.24, 2.45) is 5.92 Å². The second-order valence-corrected chi connectivity index (χ2v) is 2.62. The second-order valence-electron chi connectivity index (χ2n) is 2.62. The standard InChI is InChI=1S/C9H11F3O2/c1-3-5-6-7(4-2)8(13)14-9(10,11)12/h5,7H,1,4,6H2,2H3. The van der Waals surface area contributed by atoms with Gasteiger partial charge in [0.25, 0.3) is 0 Å². The van der Waals surface area contributed by atoms with Gasteiger partial charge in [0.1, 0.15) is 0 Å². The van der Waals surface area contributed by atoms with Crippen LogP contribution in [0.2, 0.25) is 0 Å². The van der Waals surface area contributed by atoms with Crippen LogP contribution in [0.15, 0.2) is 18.4 Å². The lowest BCUT2D eigenvalue weighted by Gasteiger charge is -2.13. The maximum absolute atomic E-state index is 11.6. The molecular formula is C9H11F3O2. The van der Waals surface area contributed by atoms with Gasteiger partial charge < -0.3 is 4.74 Å². The molecule has 0 spiro atoms. The van der Waals surface area contributed by atoms with Crippen LogP contribution < -0.4 is 0 Å². The quantitative estimate of drug-likeness (QED) is 0.524. The van der Waals surface area contributed by atoms with Crippen molar-refractivity contribution < 1.29 is 22.7 Å². The van der Waals surface area contributed by atoms with Crippen molar-refractivity contribution in [2.75, 3.05) is 0 Å². The molecule has 0 fully saturated rings. The first-order chi connectivity index (χ1) is 6.40. The number of rotatable bonds is 4. The largest absolute Gasteiger partial charge is 0.575 e. The molecule has 0 aromatic carbocycles. The number of hydrogen-bond acceptors (Lipinski definition) is 2. The molecule has 2 nitrogen and oxygen atoms in total. The van der Waals surface area contributed by atoms with Gasteiger partial charge in [-0.15, -0.1) is 18.9 Å². The number of hydrogen-bond donors (Lipinski definition) is 0. The van der Waals surface area contributed by atoms with Crippen LogP contribution in [-0.2, 0) is 9.53 Å². The number of halogens is 3. The molecule has 0 aliphatic rings. The topological polar surface area (TPSA) is 26.3 Å². The Balaban J connectivity index is 4.24. The fourth-order valence-corrected chi connectivity index (χ4v) is 0.853. The summed E-state index contributed by atoms with van der Waals surface area (Å²) in [4.78, 5) is 10.9. The lowest BCUT2D eigenvalue weighted by Crippen LogP contribution is -2.25. The third-order valence-corrected chi connectivity index (χ3v) is 1.59. The van der Waals surface area contributed by atoms with E-state index in [9.17, 15) is 18.0 Å². The first-order valence-electron chi connectivity index (χ1n) is 4.04. The molecule has 0 aliphatic heterocycles. The highest BCUT2D eigenvalue weighted by Crippen LogP contribution is 2.21. The summed E-state index contributed by atoms with van der Waals surface area (Å²) in [6, 6.07) is 0. The predicted octanol–water partition coefficient (Wildman–Crippen LogP) is 2.81. The summed E-state index contributed by atoms with van der Waals surface area (Å²) < 4.78 is 38.2. The van der Waals surface area contributed by atoms with E-state index in [4.69, 9.17) is 0 Å². The summed E-state index contributed by atoms with van der Waals surface area (Å²) >= 11 is 0. The van der Waals surface area contributed by atoms with E-state index in [-0.39, 0.29) is 12.8 Å². The molecule has 0 saturated carbocycles. The third-order valence-electron chi connectivity index (χ3n) is 1.59. The minimum absolute atomic E-state index is 0.162. The van der Waals surface area contributed by atoms with Crippen molar-refractivity contribution in [3.63, 3.8) is 0 Å². The van der Waals surface area contributed by atoms with Gasteiger partial charge in [0.2, 0.25) is 0 Å². The molecule has 14 heavy (non-hydrogen) atoms. The van der Waals surface area contributed by atoms with Crippen LogP contribution in [-0.4, -0.2) is 12.3 Å². The van der Waals surface area contributed by atoms with E-state index in [0.29, 0.717) is 0 Å². The summed E-state index contributed by atoms with van der Waals surface area (Å²) in [7, 11) is 0. The molecule has 1 unspecified atom stereocenters. The van der Waals surface area contributed by atoms with Crippen LogP contribution in [0, 0.1) is 5.92 Å². The number of allylic oxidation sites excluding steroid dienone is 1. The van der Waals surface area contributed by atoms with E-state index >= 15 is 0 Å². The van der Waals surface area contributed by atoms with Crippen molar-refractivity contribution in [3.8, 4) is 0 Å². The molecule has 0 N–H and O–H groups in total. The van der Waals surface area contributed by atoms with Crippen LogP contribution in [0.5, 0.6) is 0 Å². The molecule has 0 rings (SSSR count). The van der Waals surface area contributed by atoms with Crippen molar-refractivity contribution in [2.45, 2.75) is 26.1 Å². The molecule has 0 aromatic heterocycles. The number of carbonyl (C=O) groups is 1. The molecule has 0 bridgehead atoms. The minimum atomic E-state index is -4.90. The highest BCUT2D eigenvalue weighted by molar-refractivity contribution is 5.72. The first-order valence-corrected chi connectivity index (χ1v) is 4.04. The lowest BCUT2D eigenvalue weighted by atomic mass is 10.0. The third kappa shape index (κ3) is 5.43. The van der Waals surface area contributed by atoms with Crippen LogP contribution in [0.4, 0.5) is 13.2 Å². The van der Waals surface area contributed by atoms with Crippen LogP contribution >= 0.6 is 0 Å². The van der Waals surface area contributed by atoms with Crippen molar-refractivity contribution in [3.05, 3.63) is 18.4 Å². The zero-order valence-corrected chi connectivity index (χ0v) is 7.73.